The summed E-state index contributed by atoms with van der Waals surface area (Å²) < 4.78 is 5.43. The van der Waals surface area contributed by atoms with Crippen molar-refractivity contribution in [3.8, 4) is 0 Å². The monoisotopic (exact) mass is 316 g/mol. The molecule has 0 bridgehead atoms. The largest absolute Gasteiger partial charge is 0.381 e. The van der Waals surface area contributed by atoms with E-state index in [-0.39, 0.29) is 5.91 Å². The smallest absolute Gasteiger partial charge is 0.220 e. The average Bonchev–Trinajstić information content (AvgIpc) is 3.08. The van der Waals surface area contributed by atoms with Gasteiger partial charge in [-0.1, -0.05) is 24.3 Å². The zero-order valence-electron chi connectivity index (χ0n) is 13.9. The van der Waals surface area contributed by atoms with Crippen LogP contribution in [0, 0.1) is 5.92 Å². The first-order chi connectivity index (χ1) is 11.3. The van der Waals surface area contributed by atoms with Gasteiger partial charge in [0.15, 0.2) is 0 Å². The van der Waals surface area contributed by atoms with Crippen molar-refractivity contribution in [3.63, 3.8) is 0 Å². The van der Waals surface area contributed by atoms with Crippen molar-refractivity contribution >= 4 is 5.91 Å². The second kappa shape index (κ2) is 8.46. The summed E-state index contributed by atoms with van der Waals surface area (Å²) >= 11 is 0. The highest BCUT2D eigenvalue weighted by Crippen LogP contribution is 2.17. The third kappa shape index (κ3) is 5.33. The van der Waals surface area contributed by atoms with E-state index in [4.69, 9.17) is 4.74 Å². The Labute approximate surface area is 139 Å². The molecular formula is C19H28N2O2. The molecule has 2 fully saturated rings. The van der Waals surface area contributed by atoms with Gasteiger partial charge >= 0.3 is 0 Å². The summed E-state index contributed by atoms with van der Waals surface area (Å²) in [5.74, 6) is 0.535. The van der Waals surface area contributed by atoms with Crippen LogP contribution in [0.5, 0.6) is 0 Å². The Morgan fingerprint density at radius 2 is 1.87 bits per heavy atom. The normalized spacial score (nSPS) is 22.2. The second-order valence-corrected chi connectivity index (χ2v) is 6.86. The Morgan fingerprint density at radius 1 is 1.13 bits per heavy atom. The molecule has 0 unspecified atom stereocenters. The first-order valence-corrected chi connectivity index (χ1v) is 8.94. The van der Waals surface area contributed by atoms with Crippen LogP contribution in [0.25, 0.3) is 0 Å². The fraction of sp³-hybridized carbons (Fsp3) is 0.632. The van der Waals surface area contributed by atoms with Crippen molar-refractivity contribution in [3.05, 3.63) is 35.4 Å². The summed E-state index contributed by atoms with van der Waals surface area (Å²) in [6.45, 7) is 5.70. The molecule has 1 aromatic rings. The number of nitrogens with one attached hydrogen (secondary N) is 1. The van der Waals surface area contributed by atoms with E-state index in [1.165, 1.54) is 37.1 Å². The number of nitrogens with zero attached hydrogens (tertiary/aromatic N) is 1. The third-order valence-electron chi connectivity index (χ3n) is 4.85. The molecule has 1 aromatic carbocycles. The molecule has 126 valence electrons. The van der Waals surface area contributed by atoms with Gasteiger partial charge in [0.1, 0.15) is 0 Å². The van der Waals surface area contributed by atoms with E-state index in [1.54, 1.807) is 0 Å². The van der Waals surface area contributed by atoms with Crippen LogP contribution in [0.2, 0.25) is 0 Å². The Hall–Kier alpha value is -1.39. The van der Waals surface area contributed by atoms with Gasteiger partial charge in [-0.05, 0) is 55.8 Å². The molecule has 1 amide bonds. The molecule has 0 saturated carbocycles. The summed E-state index contributed by atoms with van der Waals surface area (Å²) in [6.07, 6.45) is 5.44. The number of hydrogen-bond donors (Lipinski definition) is 1. The summed E-state index contributed by atoms with van der Waals surface area (Å²) in [5, 5.41) is 3.03. The van der Waals surface area contributed by atoms with E-state index < -0.39 is 0 Å². The lowest BCUT2D eigenvalue weighted by atomic mass is 9.98. The Kier molecular flexibility index (Phi) is 6.06. The molecule has 4 nitrogen and oxygen atoms in total. The van der Waals surface area contributed by atoms with Crippen LogP contribution in [0.1, 0.15) is 43.2 Å². The fourth-order valence-corrected chi connectivity index (χ4v) is 3.46. The molecule has 1 atom stereocenters. The maximum atomic E-state index is 12.0. The molecular weight excluding hydrogens is 288 g/mol. The number of likely N-dealkylation sites (tertiary alicyclic amines) is 1. The van der Waals surface area contributed by atoms with Crippen LogP contribution in [0.15, 0.2) is 24.3 Å². The lowest BCUT2D eigenvalue weighted by molar-refractivity contribution is -0.123. The predicted octanol–water partition coefficient (Wildman–Crippen LogP) is 2.72. The minimum Gasteiger partial charge on any atom is -0.381 e. The molecule has 2 heterocycles. The van der Waals surface area contributed by atoms with Crippen molar-refractivity contribution < 1.29 is 9.53 Å². The average molecular weight is 316 g/mol. The summed E-state index contributed by atoms with van der Waals surface area (Å²) in [5.41, 5.74) is 2.53. The number of carbonyl (C=O) groups is 1. The zero-order chi connectivity index (χ0) is 15.9. The topological polar surface area (TPSA) is 41.6 Å². The first kappa shape index (κ1) is 16.5. The summed E-state index contributed by atoms with van der Waals surface area (Å²) in [6, 6.07) is 8.65. The van der Waals surface area contributed by atoms with Crippen LogP contribution >= 0.6 is 0 Å². The molecule has 0 radical (unpaired) electrons. The Bertz CT molecular complexity index is 489. The first-order valence-electron chi connectivity index (χ1n) is 8.94. The van der Waals surface area contributed by atoms with Crippen molar-refractivity contribution in [2.75, 3.05) is 26.3 Å². The van der Waals surface area contributed by atoms with Crippen molar-refractivity contribution in [2.24, 2.45) is 5.92 Å². The highest BCUT2D eigenvalue weighted by atomic mass is 16.5. The van der Waals surface area contributed by atoms with Gasteiger partial charge in [0.2, 0.25) is 5.91 Å². The third-order valence-corrected chi connectivity index (χ3v) is 4.85. The highest BCUT2D eigenvalue weighted by Gasteiger charge is 2.17. The number of rotatable bonds is 6. The molecule has 2 saturated heterocycles. The number of amides is 1. The number of ether oxygens (including phenoxy) is 1. The van der Waals surface area contributed by atoms with Crippen LogP contribution in [-0.2, 0) is 22.6 Å². The van der Waals surface area contributed by atoms with Gasteiger partial charge in [-0.2, -0.15) is 0 Å². The van der Waals surface area contributed by atoms with Gasteiger partial charge in [0.05, 0.1) is 0 Å². The molecule has 2 aliphatic rings. The van der Waals surface area contributed by atoms with Crippen LogP contribution in [0.3, 0.4) is 0 Å². The number of hydrogen-bond acceptors (Lipinski definition) is 3. The molecule has 0 spiro atoms. The highest BCUT2D eigenvalue weighted by molar-refractivity contribution is 5.76. The molecule has 0 aromatic heterocycles. The molecule has 0 aliphatic carbocycles. The van der Waals surface area contributed by atoms with E-state index in [0.717, 1.165) is 32.6 Å². The standard InChI is InChI=1S/C19H28N2O2/c22-19(12-18-4-3-11-23-15-18)20-13-16-5-7-17(8-6-16)14-21-9-1-2-10-21/h5-8,18H,1-4,9-15H2,(H,20,22)/t18-/m0/s1. The predicted molar refractivity (Wildman–Crippen MR) is 91.0 cm³/mol. The van der Waals surface area contributed by atoms with Gasteiger partial charge in [-0.3, -0.25) is 9.69 Å². The quantitative estimate of drug-likeness (QED) is 0.877. The van der Waals surface area contributed by atoms with E-state index in [9.17, 15) is 4.79 Å². The number of carbonyl (C=O) groups excluding carboxylic acids is 1. The van der Waals surface area contributed by atoms with E-state index in [1.807, 2.05) is 0 Å². The van der Waals surface area contributed by atoms with Gasteiger partial charge in [-0.25, -0.2) is 0 Å². The van der Waals surface area contributed by atoms with Gasteiger partial charge < -0.3 is 10.1 Å². The second-order valence-electron chi connectivity index (χ2n) is 6.86. The van der Waals surface area contributed by atoms with Gasteiger partial charge in [0, 0.05) is 32.7 Å². The van der Waals surface area contributed by atoms with Crippen molar-refractivity contribution in [2.45, 2.75) is 45.2 Å². The maximum Gasteiger partial charge on any atom is 0.220 e. The Morgan fingerprint density at radius 3 is 2.57 bits per heavy atom. The maximum absolute atomic E-state index is 12.0. The van der Waals surface area contributed by atoms with E-state index in [2.05, 4.69) is 34.5 Å². The Balaban J connectivity index is 1.40. The van der Waals surface area contributed by atoms with Crippen LogP contribution in [0.4, 0.5) is 0 Å². The van der Waals surface area contributed by atoms with E-state index in [0.29, 0.717) is 18.9 Å². The van der Waals surface area contributed by atoms with Crippen LogP contribution < -0.4 is 5.32 Å². The van der Waals surface area contributed by atoms with E-state index >= 15 is 0 Å². The molecule has 3 rings (SSSR count). The SMILES string of the molecule is O=C(C[C@@H]1CCCOC1)NCc1ccc(CN2CCCC2)cc1. The lowest BCUT2D eigenvalue weighted by Crippen LogP contribution is -2.28. The summed E-state index contributed by atoms with van der Waals surface area (Å²) in [7, 11) is 0. The molecule has 23 heavy (non-hydrogen) atoms. The van der Waals surface area contributed by atoms with Crippen molar-refractivity contribution in [1.82, 2.24) is 10.2 Å². The minimum atomic E-state index is 0.140. The van der Waals surface area contributed by atoms with Gasteiger partial charge in [-0.15, -0.1) is 0 Å². The van der Waals surface area contributed by atoms with Crippen LogP contribution in [-0.4, -0.2) is 37.1 Å². The minimum absolute atomic E-state index is 0.140. The fourth-order valence-electron chi connectivity index (χ4n) is 3.46. The summed E-state index contributed by atoms with van der Waals surface area (Å²) in [4.78, 5) is 14.5. The molecule has 4 heteroatoms. The van der Waals surface area contributed by atoms with Crippen molar-refractivity contribution in [1.29, 1.82) is 0 Å². The zero-order valence-corrected chi connectivity index (χ0v) is 13.9. The number of benzene rings is 1. The molecule has 2 aliphatic heterocycles. The van der Waals surface area contributed by atoms with Gasteiger partial charge in [0.25, 0.3) is 0 Å². The molecule has 1 N–H and O–H groups in total. The lowest BCUT2D eigenvalue weighted by Gasteiger charge is -2.21.